The number of amides is 1. The number of fused-ring (bicyclic) bond motifs is 1. The molecule has 5 heteroatoms. The van der Waals surface area contributed by atoms with E-state index in [1.807, 2.05) is 49.4 Å². The first-order valence-corrected chi connectivity index (χ1v) is 7.70. The van der Waals surface area contributed by atoms with Crippen LogP contribution in [0.4, 0.5) is 5.69 Å². The highest BCUT2D eigenvalue weighted by Gasteiger charge is 2.06. The third kappa shape index (κ3) is 3.92. The number of aryl methyl sites for hydroxylation is 1. The molecule has 1 amide bonds. The predicted molar refractivity (Wildman–Crippen MR) is 92.8 cm³/mol. The lowest BCUT2D eigenvalue weighted by Gasteiger charge is -2.07. The van der Waals surface area contributed by atoms with Crippen molar-refractivity contribution in [1.29, 1.82) is 0 Å². The number of carbonyl (C=O) groups is 1. The van der Waals surface area contributed by atoms with E-state index >= 15 is 0 Å². The van der Waals surface area contributed by atoms with E-state index in [0.29, 0.717) is 11.6 Å². The van der Waals surface area contributed by atoms with E-state index in [9.17, 15) is 4.79 Å². The lowest BCUT2D eigenvalue weighted by Crippen LogP contribution is -2.18. The van der Waals surface area contributed by atoms with Crippen LogP contribution in [0.15, 0.2) is 48.5 Å². The Labute approximate surface area is 139 Å². The minimum atomic E-state index is -0.191. The molecular weight excluding hydrogens is 312 g/mol. The van der Waals surface area contributed by atoms with Crippen molar-refractivity contribution >= 4 is 34.1 Å². The van der Waals surface area contributed by atoms with Gasteiger partial charge in [0.05, 0.1) is 6.61 Å². The number of aromatic amines is 1. The summed E-state index contributed by atoms with van der Waals surface area (Å²) in [5.41, 5.74) is 3.76. The van der Waals surface area contributed by atoms with Gasteiger partial charge in [-0.05, 0) is 42.8 Å². The van der Waals surface area contributed by atoms with E-state index in [2.05, 4.69) is 10.3 Å². The SMILES string of the molecule is Cc1cc2cc(NC(=O)COCc3ccccc3Cl)ccc2[nH]1. The van der Waals surface area contributed by atoms with Crippen molar-refractivity contribution in [2.45, 2.75) is 13.5 Å². The fourth-order valence-corrected chi connectivity index (χ4v) is 2.61. The summed E-state index contributed by atoms with van der Waals surface area (Å²) in [7, 11) is 0. The van der Waals surface area contributed by atoms with E-state index in [0.717, 1.165) is 27.8 Å². The Morgan fingerprint density at radius 2 is 2.04 bits per heavy atom. The molecule has 0 unspecified atom stereocenters. The zero-order valence-electron chi connectivity index (χ0n) is 12.7. The Morgan fingerprint density at radius 1 is 1.22 bits per heavy atom. The van der Waals surface area contributed by atoms with Crippen LogP contribution < -0.4 is 5.32 Å². The number of hydrogen-bond acceptors (Lipinski definition) is 2. The maximum absolute atomic E-state index is 12.0. The molecule has 4 nitrogen and oxygen atoms in total. The van der Waals surface area contributed by atoms with Crippen LogP contribution in [0.25, 0.3) is 10.9 Å². The van der Waals surface area contributed by atoms with Gasteiger partial charge in [0, 0.05) is 27.3 Å². The molecule has 0 aliphatic carbocycles. The molecule has 0 atom stereocenters. The Balaban J connectivity index is 1.55. The summed E-state index contributed by atoms with van der Waals surface area (Å²) in [5.74, 6) is -0.191. The van der Waals surface area contributed by atoms with E-state index in [1.54, 1.807) is 6.07 Å². The summed E-state index contributed by atoms with van der Waals surface area (Å²) in [4.78, 5) is 15.2. The first-order valence-electron chi connectivity index (χ1n) is 7.32. The number of anilines is 1. The van der Waals surface area contributed by atoms with Crippen LogP contribution in [0.3, 0.4) is 0 Å². The maximum Gasteiger partial charge on any atom is 0.250 e. The smallest absolute Gasteiger partial charge is 0.250 e. The van der Waals surface area contributed by atoms with Crippen LogP contribution in [0.1, 0.15) is 11.3 Å². The standard InChI is InChI=1S/C18H17ClN2O2/c1-12-8-14-9-15(6-7-17(14)20-12)21-18(22)11-23-10-13-4-2-3-5-16(13)19/h2-9,20H,10-11H2,1H3,(H,21,22). The Hall–Kier alpha value is -2.30. The quantitative estimate of drug-likeness (QED) is 0.734. The first kappa shape index (κ1) is 15.6. The van der Waals surface area contributed by atoms with Crippen molar-refractivity contribution in [3.63, 3.8) is 0 Å². The van der Waals surface area contributed by atoms with Crippen LogP contribution in [0.2, 0.25) is 5.02 Å². The molecule has 0 saturated carbocycles. The number of carbonyl (C=O) groups excluding carboxylic acids is 1. The number of nitrogens with one attached hydrogen (secondary N) is 2. The lowest BCUT2D eigenvalue weighted by atomic mass is 10.2. The monoisotopic (exact) mass is 328 g/mol. The zero-order chi connectivity index (χ0) is 16.2. The molecule has 0 aliphatic rings. The first-order chi connectivity index (χ1) is 11.1. The number of H-pyrrole nitrogens is 1. The van der Waals surface area contributed by atoms with Gasteiger partial charge in [-0.3, -0.25) is 4.79 Å². The van der Waals surface area contributed by atoms with Gasteiger partial charge in [0.15, 0.2) is 0 Å². The van der Waals surface area contributed by atoms with Gasteiger partial charge < -0.3 is 15.0 Å². The van der Waals surface area contributed by atoms with Crippen LogP contribution in [0, 0.1) is 6.92 Å². The summed E-state index contributed by atoms with van der Waals surface area (Å²) in [6, 6.07) is 15.2. The number of halogens is 1. The molecule has 2 N–H and O–H groups in total. The average molecular weight is 329 g/mol. The second-order valence-electron chi connectivity index (χ2n) is 5.39. The molecule has 1 aromatic heterocycles. The molecule has 3 aromatic rings. The fourth-order valence-electron chi connectivity index (χ4n) is 2.42. The van der Waals surface area contributed by atoms with Gasteiger partial charge in [-0.15, -0.1) is 0 Å². The molecule has 0 aliphatic heterocycles. The van der Waals surface area contributed by atoms with Gasteiger partial charge >= 0.3 is 0 Å². The van der Waals surface area contributed by atoms with Crippen LogP contribution in [-0.2, 0) is 16.1 Å². The summed E-state index contributed by atoms with van der Waals surface area (Å²) < 4.78 is 5.42. The van der Waals surface area contributed by atoms with Crippen molar-refractivity contribution in [2.24, 2.45) is 0 Å². The van der Waals surface area contributed by atoms with Gasteiger partial charge in [0.1, 0.15) is 6.61 Å². The number of rotatable bonds is 5. The van der Waals surface area contributed by atoms with Gasteiger partial charge in [-0.1, -0.05) is 29.8 Å². The molecule has 118 valence electrons. The molecule has 3 rings (SSSR count). The van der Waals surface area contributed by atoms with Gasteiger partial charge in [0.2, 0.25) is 5.91 Å². The van der Waals surface area contributed by atoms with Gasteiger partial charge in [0.25, 0.3) is 0 Å². The molecular formula is C18H17ClN2O2. The molecule has 23 heavy (non-hydrogen) atoms. The number of aromatic nitrogens is 1. The highest BCUT2D eigenvalue weighted by Crippen LogP contribution is 2.20. The molecule has 0 bridgehead atoms. The predicted octanol–water partition coefficient (Wildman–Crippen LogP) is 4.29. The second-order valence-corrected chi connectivity index (χ2v) is 5.79. The highest BCUT2D eigenvalue weighted by molar-refractivity contribution is 6.31. The minimum Gasteiger partial charge on any atom is -0.367 e. The summed E-state index contributed by atoms with van der Waals surface area (Å²) in [5, 5.41) is 4.54. The summed E-state index contributed by atoms with van der Waals surface area (Å²) >= 11 is 6.04. The fraction of sp³-hybridized carbons (Fsp3) is 0.167. The molecule has 0 radical (unpaired) electrons. The third-order valence-corrected chi connectivity index (χ3v) is 3.86. The summed E-state index contributed by atoms with van der Waals surface area (Å²) in [6.07, 6.45) is 0. The molecule has 0 fully saturated rings. The molecule has 2 aromatic carbocycles. The van der Waals surface area contributed by atoms with Gasteiger partial charge in [-0.25, -0.2) is 0 Å². The summed E-state index contributed by atoms with van der Waals surface area (Å²) in [6.45, 7) is 2.29. The number of hydrogen-bond donors (Lipinski definition) is 2. The molecule has 0 spiro atoms. The van der Waals surface area contributed by atoms with E-state index < -0.39 is 0 Å². The number of benzene rings is 2. The van der Waals surface area contributed by atoms with Crippen molar-refractivity contribution in [1.82, 2.24) is 4.98 Å². The number of ether oxygens (including phenoxy) is 1. The van der Waals surface area contributed by atoms with Crippen LogP contribution >= 0.6 is 11.6 Å². The Kier molecular flexibility index (Phi) is 4.65. The van der Waals surface area contributed by atoms with Crippen molar-refractivity contribution in [2.75, 3.05) is 11.9 Å². The highest BCUT2D eigenvalue weighted by atomic mass is 35.5. The Bertz CT molecular complexity index is 842. The van der Waals surface area contributed by atoms with E-state index in [4.69, 9.17) is 16.3 Å². The largest absolute Gasteiger partial charge is 0.367 e. The second kappa shape index (κ2) is 6.86. The average Bonchev–Trinajstić information content (AvgIpc) is 2.88. The topological polar surface area (TPSA) is 54.1 Å². The van der Waals surface area contributed by atoms with Crippen molar-refractivity contribution in [3.8, 4) is 0 Å². The molecule has 1 heterocycles. The lowest BCUT2D eigenvalue weighted by molar-refractivity contribution is -0.121. The van der Waals surface area contributed by atoms with Crippen LogP contribution in [-0.4, -0.2) is 17.5 Å². The zero-order valence-corrected chi connectivity index (χ0v) is 13.5. The molecule has 0 saturated heterocycles. The van der Waals surface area contributed by atoms with Gasteiger partial charge in [-0.2, -0.15) is 0 Å². The van der Waals surface area contributed by atoms with E-state index in [-0.39, 0.29) is 12.5 Å². The Morgan fingerprint density at radius 3 is 2.87 bits per heavy atom. The van der Waals surface area contributed by atoms with Crippen LogP contribution in [0.5, 0.6) is 0 Å². The van der Waals surface area contributed by atoms with Crippen molar-refractivity contribution < 1.29 is 9.53 Å². The maximum atomic E-state index is 12.0. The third-order valence-electron chi connectivity index (χ3n) is 3.49. The van der Waals surface area contributed by atoms with Crippen molar-refractivity contribution in [3.05, 3.63) is 64.8 Å². The van der Waals surface area contributed by atoms with E-state index in [1.165, 1.54) is 0 Å². The normalized spacial score (nSPS) is 10.9. The minimum absolute atomic E-state index is 0.0184.